The molecule has 4 heterocycles. The van der Waals surface area contributed by atoms with E-state index in [4.69, 9.17) is 15.4 Å². The van der Waals surface area contributed by atoms with Crippen LogP contribution in [0, 0.1) is 0 Å². The molecule has 0 amide bonds. The van der Waals surface area contributed by atoms with Gasteiger partial charge in [-0.2, -0.15) is 5.10 Å². The Morgan fingerprint density at radius 1 is 0.897 bits per heavy atom. The normalized spacial score (nSPS) is 21.1. The Kier molecular flexibility index (Phi) is 6.13. The van der Waals surface area contributed by atoms with E-state index in [2.05, 4.69) is 42.0 Å². The first-order valence-corrected chi connectivity index (χ1v) is 13.8. The van der Waals surface area contributed by atoms with Gasteiger partial charge in [-0.05, 0) is 57.0 Å². The molecule has 0 atom stereocenters. The van der Waals surface area contributed by atoms with Crippen molar-refractivity contribution in [1.29, 1.82) is 0 Å². The number of piperazine rings is 1. The van der Waals surface area contributed by atoms with Crippen LogP contribution in [0.1, 0.15) is 31.7 Å². The topological polar surface area (TPSA) is 114 Å². The van der Waals surface area contributed by atoms with E-state index >= 15 is 0 Å². The van der Waals surface area contributed by atoms with Crippen LogP contribution in [-0.4, -0.2) is 74.0 Å². The molecule has 10 heteroatoms. The molecule has 0 radical (unpaired) electrons. The number of nitrogen functional groups attached to an aromatic ring is 1. The molecule has 3 N–H and O–H groups in total. The van der Waals surface area contributed by atoms with Crippen molar-refractivity contribution in [3.63, 3.8) is 0 Å². The fourth-order valence-electron chi connectivity index (χ4n) is 6.13. The van der Waals surface area contributed by atoms with Gasteiger partial charge < -0.3 is 20.5 Å². The fourth-order valence-corrected chi connectivity index (χ4v) is 6.13. The van der Waals surface area contributed by atoms with Gasteiger partial charge in [0.1, 0.15) is 17.8 Å². The van der Waals surface area contributed by atoms with Gasteiger partial charge in [0.25, 0.3) is 0 Å². The van der Waals surface area contributed by atoms with E-state index < -0.39 is 0 Å². The van der Waals surface area contributed by atoms with Crippen LogP contribution >= 0.6 is 0 Å². The monoisotopic (exact) mass is 523 g/mol. The van der Waals surface area contributed by atoms with Gasteiger partial charge in [-0.3, -0.25) is 4.90 Å². The number of anilines is 3. The Bertz CT molecular complexity index is 1590. The number of fused-ring (bicyclic) bond motifs is 2. The van der Waals surface area contributed by atoms with Crippen LogP contribution in [0.25, 0.3) is 33.3 Å². The molecule has 2 aromatic carbocycles. The molecule has 200 valence electrons. The van der Waals surface area contributed by atoms with E-state index in [-0.39, 0.29) is 0 Å². The minimum Gasteiger partial charge on any atom is -0.383 e. The molecule has 1 aliphatic heterocycles. The zero-order chi connectivity index (χ0) is 26.3. The zero-order valence-electron chi connectivity index (χ0n) is 22.1. The number of nitrogens with two attached hydrogens (primary N) is 1. The summed E-state index contributed by atoms with van der Waals surface area (Å²) in [6.07, 6.45) is 6.09. The standard InChI is InChI=1S/C29H33N9O/c1-36-14-16-37(17-15-36)21-10-12-22(13-11-21)38-29-25(27(30)31-18-32-29)26(34-38)19-6-8-20(9-7-19)33-28-23-4-2-3-5-24(23)39-35-28/h2-9,18,21-22H,10-17H2,1H3,(H,33,35)(H2,30,31,32). The van der Waals surface area contributed by atoms with Crippen molar-refractivity contribution < 1.29 is 4.52 Å². The summed E-state index contributed by atoms with van der Waals surface area (Å²) in [7, 11) is 2.21. The first-order valence-electron chi connectivity index (χ1n) is 13.8. The predicted molar refractivity (Wildman–Crippen MR) is 153 cm³/mol. The molecule has 0 spiro atoms. The van der Waals surface area contributed by atoms with Gasteiger partial charge in [0, 0.05) is 43.5 Å². The van der Waals surface area contributed by atoms with E-state index in [1.54, 1.807) is 6.33 Å². The second kappa shape index (κ2) is 9.94. The van der Waals surface area contributed by atoms with Crippen LogP contribution in [0.3, 0.4) is 0 Å². The molecule has 5 aromatic rings. The predicted octanol–water partition coefficient (Wildman–Crippen LogP) is 4.69. The summed E-state index contributed by atoms with van der Waals surface area (Å²) in [6, 6.07) is 16.9. The van der Waals surface area contributed by atoms with Crippen molar-refractivity contribution in [2.45, 2.75) is 37.8 Å². The second-order valence-corrected chi connectivity index (χ2v) is 10.8. The molecule has 0 unspecified atom stereocenters. The van der Waals surface area contributed by atoms with Gasteiger partial charge in [0.2, 0.25) is 0 Å². The van der Waals surface area contributed by atoms with Gasteiger partial charge in [0.05, 0.1) is 16.8 Å². The summed E-state index contributed by atoms with van der Waals surface area (Å²) < 4.78 is 7.53. The number of hydrogen-bond donors (Lipinski definition) is 2. The maximum atomic E-state index is 6.39. The molecule has 7 rings (SSSR count). The number of rotatable bonds is 5. The molecule has 39 heavy (non-hydrogen) atoms. The van der Waals surface area contributed by atoms with Crippen molar-refractivity contribution in [1.82, 2.24) is 34.7 Å². The van der Waals surface area contributed by atoms with E-state index in [0.29, 0.717) is 23.7 Å². The van der Waals surface area contributed by atoms with Crippen LogP contribution in [0.15, 0.2) is 59.4 Å². The lowest BCUT2D eigenvalue weighted by atomic mass is 9.90. The molecular formula is C29H33N9O. The van der Waals surface area contributed by atoms with Crippen molar-refractivity contribution >= 4 is 39.3 Å². The highest BCUT2D eigenvalue weighted by atomic mass is 16.5. The van der Waals surface area contributed by atoms with Crippen LogP contribution < -0.4 is 11.1 Å². The Hall–Kier alpha value is -4.02. The fraction of sp³-hybridized carbons (Fsp3) is 0.379. The average molecular weight is 524 g/mol. The number of hydrogen-bond acceptors (Lipinski definition) is 9. The third-order valence-electron chi connectivity index (χ3n) is 8.38. The summed E-state index contributed by atoms with van der Waals surface area (Å²) in [6.45, 7) is 4.66. The highest BCUT2D eigenvalue weighted by Gasteiger charge is 2.30. The lowest BCUT2D eigenvalue weighted by Gasteiger charge is -2.41. The van der Waals surface area contributed by atoms with E-state index in [9.17, 15) is 0 Å². The van der Waals surface area contributed by atoms with Gasteiger partial charge >= 0.3 is 0 Å². The maximum absolute atomic E-state index is 6.39. The number of nitrogens with one attached hydrogen (secondary N) is 1. The van der Waals surface area contributed by atoms with Gasteiger partial charge in [-0.1, -0.05) is 29.4 Å². The van der Waals surface area contributed by atoms with Gasteiger partial charge in [-0.25, -0.2) is 14.6 Å². The van der Waals surface area contributed by atoms with Crippen LogP contribution in [0.4, 0.5) is 17.3 Å². The molecular weight excluding hydrogens is 490 g/mol. The largest absolute Gasteiger partial charge is 0.383 e. The molecule has 1 saturated carbocycles. The zero-order valence-corrected chi connectivity index (χ0v) is 22.1. The number of nitrogens with zero attached hydrogens (tertiary/aromatic N) is 7. The molecule has 10 nitrogen and oxygen atoms in total. The average Bonchev–Trinajstić information content (AvgIpc) is 3.57. The summed E-state index contributed by atoms with van der Waals surface area (Å²) >= 11 is 0. The minimum absolute atomic E-state index is 0.306. The Morgan fingerprint density at radius 2 is 1.64 bits per heavy atom. The molecule has 2 fully saturated rings. The number of likely N-dealkylation sites (N-methyl/N-ethyl adjacent to an activating group) is 1. The summed E-state index contributed by atoms with van der Waals surface area (Å²) in [5.74, 6) is 1.15. The molecule has 1 saturated heterocycles. The maximum Gasteiger partial charge on any atom is 0.181 e. The summed E-state index contributed by atoms with van der Waals surface area (Å²) in [4.78, 5) is 14.0. The molecule has 3 aromatic heterocycles. The van der Waals surface area contributed by atoms with Crippen molar-refractivity contribution in [2.24, 2.45) is 0 Å². The first kappa shape index (κ1) is 24.1. The van der Waals surface area contributed by atoms with E-state index in [1.807, 2.05) is 48.5 Å². The number of benzene rings is 2. The van der Waals surface area contributed by atoms with E-state index in [0.717, 1.165) is 64.9 Å². The summed E-state index contributed by atoms with van der Waals surface area (Å²) in [5, 5.41) is 14.4. The van der Waals surface area contributed by atoms with Crippen molar-refractivity contribution in [2.75, 3.05) is 44.3 Å². The lowest BCUT2D eigenvalue weighted by Crippen LogP contribution is -2.49. The van der Waals surface area contributed by atoms with Crippen LogP contribution in [-0.2, 0) is 0 Å². The lowest BCUT2D eigenvalue weighted by molar-refractivity contribution is 0.0815. The van der Waals surface area contributed by atoms with Crippen LogP contribution in [0.5, 0.6) is 0 Å². The Labute approximate surface area is 226 Å². The first-order chi connectivity index (χ1) is 19.1. The minimum atomic E-state index is 0.306. The highest BCUT2D eigenvalue weighted by Crippen LogP contribution is 2.37. The number of para-hydroxylation sites is 1. The SMILES string of the molecule is CN1CCN(C2CCC(n3nc(-c4ccc(Nc5noc6ccccc56)cc4)c4c(N)ncnc43)CC2)CC1. The summed E-state index contributed by atoms with van der Waals surface area (Å²) in [5.41, 5.74) is 10.7. The molecule has 2 aliphatic rings. The number of aromatic nitrogens is 5. The molecule has 0 bridgehead atoms. The smallest absolute Gasteiger partial charge is 0.181 e. The van der Waals surface area contributed by atoms with Crippen molar-refractivity contribution in [3.8, 4) is 11.3 Å². The van der Waals surface area contributed by atoms with Crippen LogP contribution in [0.2, 0.25) is 0 Å². The molecule has 1 aliphatic carbocycles. The highest BCUT2D eigenvalue weighted by molar-refractivity contribution is 5.98. The third kappa shape index (κ3) is 4.49. The quantitative estimate of drug-likeness (QED) is 0.338. The van der Waals surface area contributed by atoms with Gasteiger partial charge in [-0.15, -0.1) is 0 Å². The third-order valence-corrected chi connectivity index (χ3v) is 8.38. The Morgan fingerprint density at radius 3 is 2.44 bits per heavy atom. The van der Waals surface area contributed by atoms with Crippen molar-refractivity contribution in [3.05, 3.63) is 54.9 Å². The second-order valence-electron chi connectivity index (χ2n) is 10.8. The van der Waals surface area contributed by atoms with E-state index in [1.165, 1.54) is 25.9 Å². The van der Waals surface area contributed by atoms with Gasteiger partial charge in [0.15, 0.2) is 17.0 Å². The Balaban J connectivity index is 1.13.